The molecule has 0 unspecified atom stereocenters. The lowest BCUT2D eigenvalue weighted by molar-refractivity contribution is -0.384. The highest BCUT2D eigenvalue weighted by Gasteiger charge is 2.30. The van der Waals surface area contributed by atoms with Gasteiger partial charge < -0.3 is 10.2 Å². The first-order valence-corrected chi connectivity index (χ1v) is 12.0. The van der Waals surface area contributed by atoms with Crippen LogP contribution in [0.3, 0.4) is 0 Å². The maximum atomic E-state index is 13.3. The molecule has 10 nitrogen and oxygen atoms in total. The second kappa shape index (κ2) is 10.4. The number of amides is 2. The van der Waals surface area contributed by atoms with E-state index in [4.69, 9.17) is 0 Å². The number of nitrogens with one attached hydrogen (secondary N) is 1. The molecule has 0 aliphatic heterocycles. The summed E-state index contributed by atoms with van der Waals surface area (Å²) < 4.78 is 26.0. The van der Waals surface area contributed by atoms with E-state index in [2.05, 4.69) is 5.32 Å². The smallest absolute Gasteiger partial charge is 0.271 e. The van der Waals surface area contributed by atoms with Crippen molar-refractivity contribution in [2.75, 3.05) is 24.2 Å². The van der Waals surface area contributed by atoms with Crippen molar-refractivity contribution in [3.8, 4) is 0 Å². The molecule has 2 amide bonds. The summed E-state index contributed by atoms with van der Waals surface area (Å²) in [6.45, 7) is 4.53. The molecule has 2 aromatic rings. The highest BCUT2D eigenvalue weighted by atomic mass is 32.2. The minimum Gasteiger partial charge on any atom is -0.357 e. The highest BCUT2D eigenvalue weighted by Crippen LogP contribution is 2.28. The average molecular weight is 477 g/mol. The molecule has 0 saturated heterocycles. The Morgan fingerprint density at radius 3 is 2.24 bits per heavy atom. The van der Waals surface area contributed by atoms with Crippen molar-refractivity contribution in [2.24, 2.45) is 0 Å². The molecule has 0 radical (unpaired) electrons. The summed E-state index contributed by atoms with van der Waals surface area (Å²) in [5.41, 5.74) is 1.97. The summed E-state index contributed by atoms with van der Waals surface area (Å²) in [4.78, 5) is 37.5. The topological polar surface area (TPSA) is 130 Å². The number of carbonyl (C=O) groups excluding carboxylic acids is 2. The zero-order valence-electron chi connectivity index (χ0n) is 19.2. The number of likely N-dealkylation sites (N-methyl/N-ethyl adjacent to an activating group) is 1. The lowest BCUT2D eigenvalue weighted by atomic mass is 10.1. The molecule has 0 aliphatic rings. The predicted octanol–water partition coefficient (Wildman–Crippen LogP) is 2.14. The van der Waals surface area contributed by atoms with Crippen LogP contribution in [0.5, 0.6) is 0 Å². The third-order valence-electron chi connectivity index (χ3n) is 5.24. The Kier molecular flexibility index (Phi) is 8.15. The average Bonchev–Trinajstić information content (AvgIpc) is 2.75. The zero-order valence-corrected chi connectivity index (χ0v) is 20.0. The SMILES string of the molecule is CNC(=O)[C@H](C)N(Cc1ccc(C)cc1)C(=O)CN(c1cc([N+](=O)[O-])ccc1C)S(C)(=O)=O. The van der Waals surface area contributed by atoms with E-state index in [9.17, 15) is 28.1 Å². The molecule has 1 atom stereocenters. The van der Waals surface area contributed by atoms with Gasteiger partial charge in [-0.3, -0.25) is 24.0 Å². The molecule has 33 heavy (non-hydrogen) atoms. The van der Waals surface area contributed by atoms with Crippen LogP contribution < -0.4 is 9.62 Å². The summed E-state index contributed by atoms with van der Waals surface area (Å²) in [7, 11) is -2.53. The first-order chi connectivity index (χ1) is 15.3. The number of carbonyl (C=O) groups is 2. The van der Waals surface area contributed by atoms with Gasteiger partial charge in [0.2, 0.25) is 21.8 Å². The number of rotatable bonds is 9. The Balaban J connectivity index is 2.46. The third-order valence-corrected chi connectivity index (χ3v) is 6.37. The summed E-state index contributed by atoms with van der Waals surface area (Å²) in [6.07, 6.45) is 0.922. The summed E-state index contributed by atoms with van der Waals surface area (Å²) in [6, 6.07) is 10.3. The fraction of sp³-hybridized carbons (Fsp3) is 0.364. The Morgan fingerprint density at radius 1 is 1.12 bits per heavy atom. The van der Waals surface area contributed by atoms with Crippen LogP contribution in [-0.2, 0) is 26.2 Å². The molecule has 2 rings (SSSR count). The number of anilines is 1. The third kappa shape index (κ3) is 6.51. The van der Waals surface area contributed by atoms with E-state index in [1.165, 1.54) is 24.1 Å². The van der Waals surface area contributed by atoms with Gasteiger partial charge >= 0.3 is 0 Å². The predicted molar refractivity (Wildman–Crippen MR) is 125 cm³/mol. The van der Waals surface area contributed by atoms with Crippen LogP contribution in [-0.4, -0.2) is 55.9 Å². The molecule has 2 aromatic carbocycles. The summed E-state index contributed by atoms with van der Waals surface area (Å²) in [5, 5.41) is 13.7. The van der Waals surface area contributed by atoms with E-state index in [1.807, 2.05) is 31.2 Å². The molecule has 0 aromatic heterocycles. The van der Waals surface area contributed by atoms with E-state index < -0.39 is 39.3 Å². The number of benzene rings is 2. The Morgan fingerprint density at radius 2 is 1.73 bits per heavy atom. The van der Waals surface area contributed by atoms with Gasteiger partial charge in [0.15, 0.2) is 0 Å². The van der Waals surface area contributed by atoms with E-state index in [-0.39, 0.29) is 17.9 Å². The minimum absolute atomic E-state index is 0.0305. The van der Waals surface area contributed by atoms with Crippen LogP contribution in [0.1, 0.15) is 23.6 Å². The van der Waals surface area contributed by atoms with E-state index in [1.54, 1.807) is 13.8 Å². The number of nitrogens with zero attached hydrogens (tertiary/aromatic N) is 3. The Bertz CT molecular complexity index is 1150. The van der Waals surface area contributed by atoms with Crippen LogP contribution in [0.2, 0.25) is 0 Å². The molecular weight excluding hydrogens is 448 g/mol. The van der Waals surface area contributed by atoms with Gasteiger partial charge in [0.05, 0.1) is 16.9 Å². The van der Waals surface area contributed by atoms with Gasteiger partial charge in [-0.2, -0.15) is 0 Å². The second-order valence-electron chi connectivity index (χ2n) is 7.79. The van der Waals surface area contributed by atoms with Crippen LogP contribution in [0.15, 0.2) is 42.5 Å². The Labute approximate surface area is 193 Å². The van der Waals surface area contributed by atoms with Gasteiger partial charge in [-0.05, 0) is 31.9 Å². The number of hydrogen-bond acceptors (Lipinski definition) is 6. The zero-order chi connectivity index (χ0) is 24.9. The summed E-state index contributed by atoms with van der Waals surface area (Å²) in [5.74, 6) is -1.03. The molecule has 0 heterocycles. The normalized spacial score (nSPS) is 12.0. The van der Waals surface area contributed by atoms with Gasteiger partial charge in [0.1, 0.15) is 12.6 Å². The molecule has 0 aliphatic carbocycles. The number of hydrogen-bond donors (Lipinski definition) is 1. The number of nitro groups is 1. The molecule has 0 saturated carbocycles. The van der Waals surface area contributed by atoms with Crippen molar-refractivity contribution in [3.05, 3.63) is 69.3 Å². The standard InChI is InChI=1S/C22H28N4O6S/c1-15-6-9-18(10-7-15)13-24(17(3)22(28)23-4)21(27)14-25(33(5,31)32)20-12-19(26(29)30)11-8-16(20)2/h6-12,17H,13-14H2,1-5H3,(H,23,28)/t17-/m0/s1. The molecule has 0 spiro atoms. The van der Waals surface area contributed by atoms with Gasteiger partial charge in [0.25, 0.3) is 5.69 Å². The maximum absolute atomic E-state index is 13.3. The Hall–Kier alpha value is -3.47. The van der Waals surface area contributed by atoms with E-state index in [0.717, 1.165) is 27.8 Å². The lowest BCUT2D eigenvalue weighted by Gasteiger charge is -2.31. The van der Waals surface area contributed by atoms with Crippen molar-refractivity contribution in [1.29, 1.82) is 0 Å². The number of sulfonamides is 1. The van der Waals surface area contributed by atoms with E-state index >= 15 is 0 Å². The van der Waals surface area contributed by atoms with Crippen LogP contribution in [0, 0.1) is 24.0 Å². The monoisotopic (exact) mass is 476 g/mol. The second-order valence-corrected chi connectivity index (χ2v) is 9.70. The van der Waals surface area contributed by atoms with Gasteiger partial charge in [-0.1, -0.05) is 35.9 Å². The molecule has 11 heteroatoms. The number of non-ortho nitro benzene ring substituents is 1. The largest absolute Gasteiger partial charge is 0.357 e. The minimum atomic E-state index is -3.98. The van der Waals surface area contributed by atoms with Crippen molar-refractivity contribution >= 4 is 33.2 Å². The number of nitro benzene ring substituents is 1. The van der Waals surface area contributed by atoms with Crippen molar-refractivity contribution < 1.29 is 22.9 Å². The molecule has 1 N–H and O–H groups in total. The van der Waals surface area contributed by atoms with Crippen molar-refractivity contribution in [3.63, 3.8) is 0 Å². The maximum Gasteiger partial charge on any atom is 0.271 e. The molecular formula is C22H28N4O6S. The van der Waals surface area contributed by atoms with E-state index in [0.29, 0.717) is 5.56 Å². The van der Waals surface area contributed by atoms with Crippen LogP contribution in [0.4, 0.5) is 11.4 Å². The molecule has 0 bridgehead atoms. The van der Waals surface area contributed by atoms with Gasteiger partial charge in [-0.15, -0.1) is 0 Å². The summed E-state index contributed by atoms with van der Waals surface area (Å²) >= 11 is 0. The number of aryl methyl sites for hydroxylation is 2. The van der Waals surface area contributed by atoms with Crippen LogP contribution >= 0.6 is 0 Å². The fourth-order valence-corrected chi connectivity index (χ4v) is 4.16. The quantitative estimate of drug-likeness (QED) is 0.436. The van der Waals surface area contributed by atoms with Crippen molar-refractivity contribution in [2.45, 2.75) is 33.4 Å². The molecule has 0 fully saturated rings. The fourth-order valence-electron chi connectivity index (χ4n) is 3.26. The highest BCUT2D eigenvalue weighted by molar-refractivity contribution is 7.92. The van der Waals surface area contributed by atoms with Gasteiger partial charge in [-0.25, -0.2) is 8.42 Å². The van der Waals surface area contributed by atoms with Gasteiger partial charge in [0, 0.05) is 25.7 Å². The lowest BCUT2D eigenvalue weighted by Crippen LogP contribution is -2.50. The molecule has 178 valence electrons. The first-order valence-electron chi connectivity index (χ1n) is 10.1. The first kappa shape index (κ1) is 25.8. The van der Waals surface area contributed by atoms with Crippen LogP contribution in [0.25, 0.3) is 0 Å². The van der Waals surface area contributed by atoms with Crippen molar-refractivity contribution in [1.82, 2.24) is 10.2 Å².